The number of nitrogens with two attached hydrogens (primary N) is 1. The van der Waals surface area contributed by atoms with Crippen LogP contribution in [0.25, 0.3) is 0 Å². The third-order valence-electron chi connectivity index (χ3n) is 3.30. The summed E-state index contributed by atoms with van der Waals surface area (Å²) in [6.07, 6.45) is 0.685. The zero-order valence-electron chi connectivity index (χ0n) is 12.3. The van der Waals surface area contributed by atoms with Crippen LogP contribution in [0.3, 0.4) is 0 Å². The number of nitrogens with zero attached hydrogens (tertiary/aromatic N) is 1. The van der Waals surface area contributed by atoms with Crippen molar-refractivity contribution in [2.75, 3.05) is 36.5 Å². The van der Waals surface area contributed by atoms with Crippen LogP contribution in [0.15, 0.2) is 24.3 Å². The topological polar surface area (TPSA) is 78.6 Å². The Morgan fingerprint density at radius 2 is 2.05 bits per heavy atom. The molecule has 1 atom stereocenters. The normalized spacial score (nSPS) is 12.0. The van der Waals surface area contributed by atoms with E-state index in [4.69, 9.17) is 10.8 Å². The predicted octanol–water partition coefficient (Wildman–Crippen LogP) is 1.43. The molecule has 0 radical (unpaired) electrons. The van der Waals surface area contributed by atoms with Crippen LogP contribution in [0.4, 0.5) is 11.4 Å². The van der Waals surface area contributed by atoms with E-state index >= 15 is 0 Å². The lowest BCUT2D eigenvalue weighted by atomic mass is 10.1. The maximum atomic E-state index is 11.9. The monoisotopic (exact) mass is 279 g/mol. The number of aliphatic hydroxyl groups excluding tert-OH is 1. The third-order valence-corrected chi connectivity index (χ3v) is 3.30. The zero-order valence-corrected chi connectivity index (χ0v) is 12.3. The second-order valence-electron chi connectivity index (χ2n) is 4.82. The number of anilines is 2. The first-order chi connectivity index (χ1) is 9.62. The minimum atomic E-state index is -0.0822. The Morgan fingerprint density at radius 1 is 1.40 bits per heavy atom. The van der Waals surface area contributed by atoms with Crippen molar-refractivity contribution in [2.24, 2.45) is 11.7 Å². The molecule has 0 aromatic heterocycles. The van der Waals surface area contributed by atoms with Crippen molar-refractivity contribution in [3.8, 4) is 0 Å². The highest BCUT2D eigenvalue weighted by Crippen LogP contribution is 2.18. The fourth-order valence-corrected chi connectivity index (χ4v) is 1.99. The molecule has 1 aromatic carbocycles. The van der Waals surface area contributed by atoms with Crippen LogP contribution in [0.5, 0.6) is 0 Å². The molecule has 0 fully saturated rings. The van der Waals surface area contributed by atoms with E-state index in [1.807, 2.05) is 38.1 Å². The summed E-state index contributed by atoms with van der Waals surface area (Å²) in [6, 6.07) is 7.65. The molecular formula is C15H25N3O2. The first-order valence-corrected chi connectivity index (χ1v) is 7.09. The number of carbonyl (C=O) groups excluding carboxylic acids is 1. The summed E-state index contributed by atoms with van der Waals surface area (Å²) in [6.45, 7) is 6.00. The van der Waals surface area contributed by atoms with Crippen LogP contribution >= 0.6 is 0 Å². The molecule has 0 heterocycles. The molecule has 1 rings (SSSR count). The van der Waals surface area contributed by atoms with E-state index in [-0.39, 0.29) is 18.4 Å². The number of hydrogen-bond acceptors (Lipinski definition) is 4. The lowest BCUT2D eigenvalue weighted by molar-refractivity contribution is -0.119. The van der Waals surface area contributed by atoms with Gasteiger partial charge in [0, 0.05) is 30.4 Å². The minimum absolute atomic E-state index is 0.00842. The van der Waals surface area contributed by atoms with Crippen LogP contribution in [-0.4, -0.2) is 37.3 Å². The molecule has 0 saturated carbocycles. The molecule has 20 heavy (non-hydrogen) atoms. The van der Waals surface area contributed by atoms with E-state index in [2.05, 4.69) is 10.2 Å². The van der Waals surface area contributed by atoms with Crippen LogP contribution in [0.1, 0.15) is 20.3 Å². The molecule has 5 heteroatoms. The van der Waals surface area contributed by atoms with Gasteiger partial charge in [-0.3, -0.25) is 4.79 Å². The average molecular weight is 279 g/mol. The predicted molar refractivity (Wildman–Crippen MR) is 82.9 cm³/mol. The van der Waals surface area contributed by atoms with Gasteiger partial charge in [0.15, 0.2) is 0 Å². The Labute approximate surface area is 120 Å². The summed E-state index contributed by atoms with van der Waals surface area (Å²) in [7, 11) is 0. The molecule has 0 aliphatic rings. The van der Waals surface area contributed by atoms with Crippen LogP contribution in [0.2, 0.25) is 0 Å². The SMILES string of the molecule is CCN(CCO)c1ccc(NC(=O)C(C)CCN)cc1. The van der Waals surface area contributed by atoms with Gasteiger partial charge in [-0.25, -0.2) is 0 Å². The van der Waals surface area contributed by atoms with Gasteiger partial charge in [0.2, 0.25) is 5.91 Å². The number of benzene rings is 1. The van der Waals surface area contributed by atoms with Gasteiger partial charge in [-0.2, -0.15) is 0 Å². The number of aliphatic hydroxyl groups is 1. The van der Waals surface area contributed by atoms with Crippen molar-refractivity contribution in [2.45, 2.75) is 20.3 Å². The van der Waals surface area contributed by atoms with Gasteiger partial charge >= 0.3 is 0 Å². The molecule has 1 amide bonds. The van der Waals surface area contributed by atoms with Crippen molar-refractivity contribution in [1.82, 2.24) is 0 Å². The number of nitrogens with one attached hydrogen (secondary N) is 1. The second-order valence-corrected chi connectivity index (χ2v) is 4.82. The summed E-state index contributed by atoms with van der Waals surface area (Å²) in [5, 5.41) is 11.9. The maximum Gasteiger partial charge on any atom is 0.227 e. The fraction of sp³-hybridized carbons (Fsp3) is 0.533. The smallest absolute Gasteiger partial charge is 0.227 e. The van der Waals surface area contributed by atoms with Gasteiger partial charge in [0.1, 0.15) is 0 Å². The van der Waals surface area contributed by atoms with Crippen LogP contribution in [-0.2, 0) is 4.79 Å². The highest BCUT2D eigenvalue weighted by Gasteiger charge is 2.12. The Balaban J connectivity index is 2.64. The Morgan fingerprint density at radius 3 is 2.55 bits per heavy atom. The third kappa shape index (κ3) is 4.83. The molecule has 1 aromatic rings. The van der Waals surface area contributed by atoms with Crippen molar-refractivity contribution in [1.29, 1.82) is 0 Å². The van der Waals surface area contributed by atoms with E-state index in [1.165, 1.54) is 0 Å². The van der Waals surface area contributed by atoms with E-state index < -0.39 is 0 Å². The number of likely N-dealkylation sites (N-methyl/N-ethyl adjacent to an activating group) is 1. The largest absolute Gasteiger partial charge is 0.395 e. The lowest BCUT2D eigenvalue weighted by Crippen LogP contribution is -2.26. The zero-order chi connectivity index (χ0) is 15.0. The van der Waals surface area contributed by atoms with E-state index in [1.54, 1.807) is 0 Å². The molecule has 0 bridgehead atoms. The quantitative estimate of drug-likeness (QED) is 0.672. The number of carbonyl (C=O) groups is 1. The summed E-state index contributed by atoms with van der Waals surface area (Å²) < 4.78 is 0. The number of hydrogen-bond donors (Lipinski definition) is 3. The standard InChI is InChI=1S/C15H25N3O2/c1-3-18(10-11-19)14-6-4-13(5-7-14)17-15(20)12(2)8-9-16/h4-7,12,19H,3,8-11,16H2,1-2H3,(H,17,20). The van der Waals surface area contributed by atoms with Gasteiger partial charge in [0.05, 0.1) is 6.61 Å². The Hall–Kier alpha value is -1.59. The van der Waals surface area contributed by atoms with Gasteiger partial charge in [-0.05, 0) is 44.2 Å². The van der Waals surface area contributed by atoms with Crippen LogP contribution in [0, 0.1) is 5.92 Å². The van der Waals surface area contributed by atoms with Crippen molar-refractivity contribution in [3.63, 3.8) is 0 Å². The summed E-state index contributed by atoms with van der Waals surface area (Å²) in [4.78, 5) is 13.9. The van der Waals surface area contributed by atoms with E-state index in [9.17, 15) is 4.79 Å². The van der Waals surface area contributed by atoms with Gasteiger partial charge in [0.25, 0.3) is 0 Å². The van der Waals surface area contributed by atoms with Crippen molar-refractivity contribution < 1.29 is 9.90 Å². The summed E-state index contributed by atoms with van der Waals surface area (Å²) in [5.74, 6) is -0.0906. The summed E-state index contributed by atoms with van der Waals surface area (Å²) in [5.41, 5.74) is 7.27. The lowest BCUT2D eigenvalue weighted by Gasteiger charge is -2.22. The molecule has 1 unspecified atom stereocenters. The first kappa shape index (κ1) is 16.5. The number of amides is 1. The molecule has 0 aliphatic carbocycles. The minimum Gasteiger partial charge on any atom is -0.395 e. The molecule has 0 saturated heterocycles. The second kappa shape index (κ2) is 8.55. The van der Waals surface area contributed by atoms with Crippen LogP contribution < -0.4 is 16.0 Å². The number of rotatable bonds is 8. The van der Waals surface area contributed by atoms with Crippen molar-refractivity contribution >= 4 is 17.3 Å². The fourth-order valence-electron chi connectivity index (χ4n) is 1.99. The van der Waals surface area contributed by atoms with Gasteiger partial charge < -0.3 is 21.1 Å². The highest BCUT2D eigenvalue weighted by atomic mass is 16.3. The van der Waals surface area contributed by atoms with Gasteiger partial charge in [-0.1, -0.05) is 6.92 Å². The Bertz CT molecular complexity index is 406. The van der Waals surface area contributed by atoms with Crippen molar-refractivity contribution in [3.05, 3.63) is 24.3 Å². The molecule has 5 nitrogen and oxygen atoms in total. The first-order valence-electron chi connectivity index (χ1n) is 7.09. The molecule has 112 valence electrons. The highest BCUT2D eigenvalue weighted by molar-refractivity contribution is 5.92. The van der Waals surface area contributed by atoms with E-state index in [0.29, 0.717) is 19.5 Å². The van der Waals surface area contributed by atoms with E-state index in [0.717, 1.165) is 17.9 Å². The summed E-state index contributed by atoms with van der Waals surface area (Å²) >= 11 is 0. The Kier molecular flexibility index (Phi) is 7.04. The molecule has 0 spiro atoms. The maximum absolute atomic E-state index is 11.9. The molecule has 4 N–H and O–H groups in total. The molecule has 0 aliphatic heterocycles. The van der Waals surface area contributed by atoms with Gasteiger partial charge in [-0.15, -0.1) is 0 Å². The average Bonchev–Trinajstić information content (AvgIpc) is 2.46. The molecular weight excluding hydrogens is 254 g/mol.